The van der Waals surface area contributed by atoms with Crippen LogP contribution >= 0.6 is 0 Å². The summed E-state index contributed by atoms with van der Waals surface area (Å²) in [7, 11) is 0. The van der Waals surface area contributed by atoms with Crippen LogP contribution in [0.2, 0.25) is 0 Å². The number of carboxylic acids is 2. The fraction of sp³-hybridized carbons (Fsp3) is 0.600. The van der Waals surface area contributed by atoms with Gasteiger partial charge in [-0.2, -0.15) is 0 Å². The van der Waals surface area contributed by atoms with Gasteiger partial charge in [0.15, 0.2) is 0 Å². The summed E-state index contributed by atoms with van der Waals surface area (Å²) in [5.41, 5.74) is 1.27. The first kappa shape index (κ1) is 20.2. The molecule has 0 saturated heterocycles. The van der Waals surface area contributed by atoms with Crippen molar-refractivity contribution in [2.24, 2.45) is 5.92 Å². The van der Waals surface area contributed by atoms with Crippen LogP contribution in [0.4, 0.5) is 0 Å². The van der Waals surface area contributed by atoms with Gasteiger partial charge in [0.2, 0.25) is 0 Å². The van der Waals surface area contributed by atoms with Gasteiger partial charge in [-0.05, 0) is 37.7 Å². The molecule has 0 aliphatic carbocycles. The highest BCUT2D eigenvalue weighted by Crippen LogP contribution is 2.19. The molecule has 0 spiro atoms. The van der Waals surface area contributed by atoms with E-state index in [2.05, 4.69) is 12.1 Å². The molecule has 1 unspecified atom stereocenters. The van der Waals surface area contributed by atoms with Crippen LogP contribution in [0.1, 0.15) is 69.8 Å². The van der Waals surface area contributed by atoms with Crippen LogP contribution in [-0.4, -0.2) is 22.2 Å². The molecule has 0 bridgehead atoms. The Bertz CT molecular complexity index is 470. The summed E-state index contributed by atoms with van der Waals surface area (Å²) >= 11 is 0. The van der Waals surface area contributed by atoms with E-state index < -0.39 is 11.9 Å². The average Bonchev–Trinajstić information content (AvgIpc) is 2.56. The first-order chi connectivity index (χ1) is 11.6. The second kappa shape index (κ2) is 12.6. The van der Waals surface area contributed by atoms with E-state index in [1.807, 2.05) is 18.2 Å². The second-order valence-corrected chi connectivity index (χ2v) is 6.47. The van der Waals surface area contributed by atoms with E-state index in [4.69, 9.17) is 5.11 Å². The lowest BCUT2D eigenvalue weighted by Gasteiger charge is -2.12. The van der Waals surface area contributed by atoms with Gasteiger partial charge in [0.05, 0.1) is 5.92 Å². The monoisotopic (exact) mass is 334 g/mol. The lowest BCUT2D eigenvalue weighted by molar-refractivity contribution is -0.142. The predicted molar refractivity (Wildman–Crippen MR) is 95.1 cm³/mol. The third-order valence-electron chi connectivity index (χ3n) is 4.40. The molecule has 1 rings (SSSR count). The number of rotatable bonds is 14. The van der Waals surface area contributed by atoms with Crippen LogP contribution < -0.4 is 0 Å². The first-order valence-corrected chi connectivity index (χ1v) is 9.08. The molecule has 0 amide bonds. The second-order valence-electron chi connectivity index (χ2n) is 6.47. The molecule has 2 N–H and O–H groups in total. The normalized spacial score (nSPS) is 12.0. The van der Waals surface area contributed by atoms with Crippen molar-refractivity contribution in [1.29, 1.82) is 0 Å². The Kier molecular flexibility index (Phi) is 10.6. The molecule has 1 aromatic carbocycles. The molecule has 0 fully saturated rings. The average molecular weight is 334 g/mol. The third kappa shape index (κ3) is 10.0. The van der Waals surface area contributed by atoms with Crippen LogP contribution in [0, 0.1) is 5.92 Å². The number of carbonyl (C=O) groups is 2. The molecular weight excluding hydrogens is 304 g/mol. The molecule has 0 aliphatic rings. The molecule has 134 valence electrons. The van der Waals surface area contributed by atoms with Crippen molar-refractivity contribution in [2.75, 3.05) is 0 Å². The number of aliphatic carboxylic acids is 2. The Balaban J connectivity index is 2.08. The minimum atomic E-state index is -0.727. The maximum Gasteiger partial charge on any atom is 0.306 e. The summed E-state index contributed by atoms with van der Waals surface area (Å²) < 4.78 is 0. The number of unbranched alkanes of at least 4 members (excludes halogenated alkanes) is 5. The number of hydrogen-bond acceptors (Lipinski definition) is 2. The highest BCUT2D eigenvalue weighted by molar-refractivity contribution is 5.69. The smallest absolute Gasteiger partial charge is 0.306 e. The molecular formula is C20H30O4. The predicted octanol–water partition coefficient (Wildman–Crippen LogP) is 4.92. The van der Waals surface area contributed by atoms with E-state index in [1.165, 1.54) is 5.56 Å². The quantitative estimate of drug-likeness (QED) is 0.474. The van der Waals surface area contributed by atoms with Crippen LogP contribution in [0.5, 0.6) is 0 Å². The van der Waals surface area contributed by atoms with E-state index in [1.54, 1.807) is 0 Å². The molecule has 0 saturated carbocycles. The van der Waals surface area contributed by atoms with E-state index in [0.29, 0.717) is 0 Å². The van der Waals surface area contributed by atoms with Gasteiger partial charge >= 0.3 is 11.9 Å². The summed E-state index contributed by atoms with van der Waals surface area (Å²) in [5.74, 6) is -1.64. The van der Waals surface area contributed by atoms with Crippen molar-refractivity contribution in [2.45, 2.75) is 70.6 Å². The van der Waals surface area contributed by atoms with Crippen molar-refractivity contribution < 1.29 is 19.8 Å². The molecule has 0 aromatic heterocycles. The Morgan fingerprint density at radius 1 is 0.792 bits per heavy atom. The third-order valence-corrected chi connectivity index (χ3v) is 4.40. The Morgan fingerprint density at radius 3 is 2.00 bits per heavy atom. The fourth-order valence-electron chi connectivity index (χ4n) is 2.96. The maximum atomic E-state index is 11.4. The molecule has 0 radical (unpaired) electrons. The van der Waals surface area contributed by atoms with Crippen molar-refractivity contribution in [3.8, 4) is 0 Å². The van der Waals surface area contributed by atoms with Crippen molar-refractivity contribution in [3.63, 3.8) is 0 Å². The van der Waals surface area contributed by atoms with E-state index in [0.717, 1.165) is 64.2 Å². The zero-order valence-electron chi connectivity index (χ0n) is 14.5. The van der Waals surface area contributed by atoms with Gasteiger partial charge in [-0.25, -0.2) is 0 Å². The van der Waals surface area contributed by atoms with Crippen molar-refractivity contribution >= 4 is 11.9 Å². The van der Waals surface area contributed by atoms with Crippen LogP contribution in [0.15, 0.2) is 30.3 Å². The zero-order valence-corrected chi connectivity index (χ0v) is 14.5. The Morgan fingerprint density at radius 2 is 1.38 bits per heavy atom. The molecule has 4 nitrogen and oxygen atoms in total. The summed E-state index contributed by atoms with van der Waals surface area (Å²) in [4.78, 5) is 21.7. The largest absolute Gasteiger partial charge is 0.481 e. The summed E-state index contributed by atoms with van der Waals surface area (Å²) in [5, 5.41) is 17.9. The molecule has 1 atom stereocenters. The summed E-state index contributed by atoms with van der Waals surface area (Å²) in [6.45, 7) is 0. The lowest BCUT2D eigenvalue weighted by atomic mass is 9.94. The molecule has 4 heteroatoms. The number of benzene rings is 1. The lowest BCUT2D eigenvalue weighted by Crippen LogP contribution is -2.14. The van der Waals surface area contributed by atoms with E-state index in [-0.39, 0.29) is 12.3 Å². The van der Waals surface area contributed by atoms with Crippen LogP contribution in [0.3, 0.4) is 0 Å². The fourth-order valence-corrected chi connectivity index (χ4v) is 2.96. The number of carboxylic acid groups (broad SMARTS) is 2. The van der Waals surface area contributed by atoms with Crippen molar-refractivity contribution in [1.82, 2.24) is 0 Å². The van der Waals surface area contributed by atoms with Gasteiger partial charge < -0.3 is 10.2 Å². The summed E-state index contributed by atoms with van der Waals surface area (Å²) in [6, 6.07) is 10.2. The first-order valence-electron chi connectivity index (χ1n) is 9.08. The minimum absolute atomic E-state index is 0.235. The molecule has 0 aliphatic heterocycles. The van der Waals surface area contributed by atoms with Gasteiger partial charge in [-0.1, -0.05) is 62.4 Å². The summed E-state index contributed by atoms with van der Waals surface area (Å²) in [6.07, 6.45) is 9.37. The Labute approximate surface area is 144 Å². The van der Waals surface area contributed by atoms with E-state index >= 15 is 0 Å². The van der Waals surface area contributed by atoms with Gasteiger partial charge in [0.25, 0.3) is 0 Å². The van der Waals surface area contributed by atoms with Gasteiger partial charge in [0.1, 0.15) is 0 Å². The SMILES string of the molecule is O=C(O)CCCCCCCCC(CCCc1ccccc1)C(=O)O. The zero-order chi connectivity index (χ0) is 17.6. The highest BCUT2D eigenvalue weighted by atomic mass is 16.4. The van der Waals surface area contributed by atoms with Gasteiger partial charge in [-0.15, -0.1) is 0 Å². The Hall–Kier alpha value is -1.84. The van der Waals surface area contributed by atoms with Crippen LogP contribution in [0.25, 0.3) is 0 Å². The molecule has 0 heterocycles. The van der Waals surface area contributed by atoms with Crippen LogP contribution in [-0.2, 0) is 16.0 Å². The molecule has 24 heavy (non-hydrogen) atoms. The highest BCUT2D eigenvalue weighted by Gasteiger charge is 2.16. The topological polar surface area (TPSA) is 74.6 Å². The van der Waals surface area contributed by atoms with Gasteiger partial charge in [-0.3, -0.25) is 9.59 Å². The van der Waals surface area contributed by atoms with Gasteiger partial charge in [0, 0.05) is 6.42 Å². The number of aryl methyl sites for hydroxylation is 1. The number of hydrogen-bond donors (Lipinski definition) is 2. The van der Waals surface area contributed by atoms with Crippen molar-refractivity contribution in [3.05, 3.63) is 35.9 Å². The minimum Gasteiger partial charge on any atom is -0.481 e. The standard InChI is InChI=1S/C20H30O4/c21-19(22)16-9-4-2-1-3-8-14-18(20(23)24)15-10-13-17-11-6-5-7-12-17/h5-7,11-12,18H,1-4,8-10,13-16H2,(H,21,22)(H,23,24). The molecule has 1 aromatic rings. The van der Waals surface area contributed by atoms with E-state index in [9.17, 15) is 14.7 Å². The maximum absolute atomic E-state index is 11.4.